The lowest BCUT2D eigenvalue weighted by Gasteiger charge is -2.21. The van der Waals surface area contributed by atoms with Crippen LogP contribution in [0.2, 0.25) is 0 Å². The number of para-hydroxylation sites is 5. The lowest BCUT2D eigenvalue weighted by atomic mass is 9.82. The number of hydrogen-bond acceptors (Lipinski definition) is 10. The molecule has 0 radical (unpaired) electrons. The number of aromatic nitrogens is 10. The second-order valence-electron chi connectivity index (χ2n) is 36.3. The first-order valence-corrected chi connectivity index (χ1v) is 49.5. The van der Waals surface area contributed by atoms with Crippen LogP contribution in [-0.4, -0.2) is 48.2 Å². The van der Waals surface area contributed by atoms with Gasteiger partial charge < -0.3 is 18.3 Å². The van der Waals surface area contributed by atoms with Crippen molar-refractivity contribution in [2.24, 2.45) is 0 Å². The van der Waals surface area contributed by atoms with E-state index in [1.807, 2.05) is 11.3 Å². The highest BCUT2D eigenvalue weighted by Gasteiger charge is 2.37. The minimum Gasteiger partial charge on any atom is -0.309 e. The van der Waals surface area contributed by atoms with Gasteiger partial charge in [0.1, 0.15) is 0 Å². The molecule has 4 aliphatic rings. The second kappa shape index (κ2) is 30.3. The van der Waals surface area contributed by atoms with Crippen LogP contribution < -0.4 is 0 Å². The summed E-state index contributed by atoms with van der Waals surface area (Å²) in [5, 5.41) is 16.1. The molecule has 0 N–H and O–H groups in total. The van der Waals surface area contributed by atoms with Crippen LogP contribution in [0.15, 0.2) is 442 Å². The second-order valence-corrected chi connectivity index (χ2v) is 40.6. The maximum absolute atomic E-state index is 5.25. The summed E-state index contributed by atoms with van der Waals surface area (Å²) in [5.41, 5.74) is 31.9. The number of benzene rings is 19. The first kappa shape index (κ1) is 78.2. The number of nitrogens with zero attached hydrogens (tertiary/aromatic N) is 10. The summed E-state index contributed by atoms with van der Waals surface area (Å²) in [7, 11) is 0. The molecule has 27 aromatic rings. The fraction of sp³-hybridized carbons (Fsp3) is 0.0244. The lowest BCUT2D eigenvalue weighted by Crippen LogP contribution is -2.14. The third kappa shape index (κ3) is 12.1. The summed E-state index contributed by atoms with van der Waals surface area (Å²) in [6.07, 6.45) is 0. The number of hydrogen-bond donors (Lipinski definition) is 0. The van der Waals surface area contributed by atoms with Crippen molar-refractivity contribution in [3.05, 3.63) is 424 Å². The quantitative estimate of drug-likeness (QED) is 0.155. The Morgan fingerprint density at radius 1 is 0.204 bits per heavy atom. The van der Waals surface area contributed by atoms with E-state index in [4.69, 9.17) is 29.9 Å². The van der Waals surface area contributed by atoms with E-state index in [1.54, 1.807) is 35.3 Å². The topological polar surface area (TPSA) is 97.1 Å². The van der Waals surface area contributed by atoms with E-state index in [2.05, 4.69) is 445 Å². The van der Waals surface area contributed by atoms with Crippen LogP contribution >= 0.6 is 46.6 Å². The van der Waals surface area contributed by atoms with Gasteiger partial charge >= 0.3 is 0 Å². The van der Waals surface area contributed by atoms with Crippen LogP contribution in [-0.2, 0) is 5.41 Å². The molecule has 0 bridgehead atoms. The van der Waals surface area contributed by atoms with E-state index in [1.165, 1.54) is 165 Å². The van der Waals surface area contributed by atoms with E-state index in [-0.39, 0.29) is 5.41 Å². The zero-order valence-electron chi connectivity index (χ0n) is 73.9. The maximum Gasteiger partial charge on any atom is 0.160 e. The summed E-state index contributed by atoms with van der Waals surface area (Å²) >= 11 is 7.26. The standard InChI is InChI=1S/C44H26N4S.C41H27N3S.C38H21N3S2/c1-5-18-36-30(13-1)31-14-2-6-19-37(31)48(36)29-23-24-39-34(26-29)32-15-3-7-20-38(32)47(39)28-12-9-11-27(25-28)44-45-35-17-10-22-41-42(35)43(46-44)33-16-4-8-21-40(33)49-41;1-41(2)31-16-6-3-13-26(31)29-22-30-27-14-4-7-18-34(27)44(35(30)23-32(29)41)25-12-9-11-24(21-25)40-42-33-17-10-20-37-38(33)39(43-40)28-15-5-8-19-36(28)45-37;1-4-15-30-24(11-1)27-20-28-25-12-2-5-16-32(25)43-35(28)21-31(27)41(30)23-10-7-9-22(19-23)38-39-29-14-8-18-34-36(29)37(40-38)26-13-3-6-17-33(26)42-34/h1-26H;3-23H,1-2H3;1-21H. The summed E-state index contributed by atoms with van der Waals surface area (Å²) in [6, 6.07) is 149. The molecule has 14 heteroatoms. The Bertz CT molecular complexity index is 9890. The van der Waals surface area contributed by atoms with Crippen molar-refractivity contribution in [2.75, 3.05) is 0 Å². The molecule has 19 aromatic carbocycles. The molecule has 11 heterocycles. The fourth-order valence-electron chi connectivity index (χ4n) is 22.1. The maximum atomic E-state index is 5.25. The normalized spacial score (nSPS) is 13.0. The average Bonchev–Trinajstić information content (AvgIpc) is 1.54. The molecule has 8 aromatic heterocycles. The van der Waals surface area contributed by atoms with Gasteiger partial charge in [0.15, 0.2) is 17.5 Å². The summed E-state index contributed by atoms with van der Waals surface area (Å²) in [5.74, 6) is 2.23. The predicted octanol–water partition coefficient (Wildman–Crippen LogP) is 33.3. The summed E-state index contributed by atoms with van der Waals surface area (Å²) < 4.78 is 12.2. The Morgan fingerprint density at radius 2 is 0.540 bits per heavy atom. The van der Waals surface area contributed by atoms with E-state index in [9.17, 15) is 0 Å². The highest BCUT2D eigenvalue weighted by atomic mass is 32.2. The minimum atomic E-state index is -0.0724. The van der Waals surface area contributed by atoms with Crippen LogP contribution in [0.5, 0.6) is 0 Å². The largest absolute Gasteiger partial charge is 0.309 e. The van der Waals surface area contributed by atoms with Crippen LogP contribution in [0.1, 0.15) is 25.0 Å². The third-order valence-electron chi connectivity index (χ3n) is 28.3. The van der Waals surface area contributed by atoms with Crippen molar-refractivity contribution >= 4 is 187 Å². The first-order chi connectivity index (χ1) is 67.7. The van der Waals surface area contributed by atoms with Gasteiger partial charge in [-0.3, -0.25) is 0 Å². The van der Waals surface area contributed by atoms with Crippen LogP contribution in [0.25, 0.3) is 242 Å². The highest BCUT2D eigenvalue weighted by Crippen LogP contribution is 2.55. The molecule has 137 heavy (non-hydrogen) atoms. The van der Waals surface area contributed by atoms with Gasteiger partial charge in [-0.1, -0.05) is 292 Å². The number of fused-ring (bicyclic) bond motifs is 24. The highest BCUT2D eigenvalue weighted by molar-refractivity contribution is 8.00. The van der Waals surface area contributed by atoms with Gasteiger partial charge in [-0.15, -0.1) is 11.3 Å². The Balaban J connectivity index is 0.0000000996. The monoisotopic (exact) mass is 1820 g/mol. The van der Waals surface area contributed by atoms with Gasteiger partial charge in [0.05, 0.1) is 77.8 Å². The Hall–Kier alpha value is -16.3. The molecule has 0 unspecified atom stereocenters. The van der Waals surface area contributed by atoms with Gasteiger partial charge in [-0.2, -0.15) is 0 Å². The van der Waals surface area contributed by atoms with E-state index in [0.717, 1.165) is 118 Å². The average molecular weight is 1820 g/mol. The molecule has 1 aliphatic carbocycles. The molecule has 640 valence electrons. The molecule has 31 rings (SSSR count). The summed E-state index contributed by atoms with van der Waals surface area (Å²) in [4.78, 5) is 38.4. The Kier molecular flexibility index (Phi) is 17.3. The van der Waals surface area contributed by atoms with Gasteiger partial charge in [0, 0.05) is 170 Å². The molecule has 0 atom stereocenters. The molecule has 3 aliphatic heterocycles. The SMILES string of the molecule is CC1(C)c2ccccc2-c2cc3c4ccccc4n(-c4cccc(-c5nc6c7c(cccc7n5)Sc5ccccc5-6)c4)c3cc21.c1cc(-c2nc3c4c(cccc4n2)Sc2ccccc2-3)cc(-n2c3ccccc3c3cc(-n4c5ccccc5c5ccccc54)ccc32)c1.c1cc(-c2nc3c4c(cccc4n2)Sc2ccccc2-3)cc(-n2c3ccccc3c3cc4c(cc32)sc2ccccc24)c1. The van der Waals surface area contributed by atoms with Gasteiger partial charge in [0.25, 0.3) is 0 Å². The molecular formula is C123H74N10S4. The predicted molar refractivity (Wildman–Crippen MR) is 571 cm³/mol. The van der Waals surface area contributed by atoms with E-state index >= 15 is 0 Å². The molecule has 0 saturated heterocycles. The van der Waals surface area contributed by atoms with Crippen molar-refractivity contribution < 1.29 is 0 Å². The van der Waals surface area contributed by atoms with Crippen molar-refractivity contribution in [1.29, 1.82) is 0 Å². The third-order valence-corrected chi connectivity index (χ3v) is 32.8. The summed E-state index contributed by atoms with van der Waals surface area (Å²) in [6.45, 7) is 4.70. The zero-order valence-corrected chi connectivity index (χ0v) is 77.1. The number of rotatable bonds is 7. The lowest BCUT2D eigenvalue weighted by molar-refractivity contribution is 0.661. The Morgan fingerprint density at radius 3 is 0.993 bits per heavy atom. The van der Waals surface area contributed by atoms with E-state index in [0.29, 0.717) is 0 Å². The number of thiophene rings is 1. The smallest absolute Gasteiger partial charge is 0.160 e. The first-order valence-electron chi connectivity index (χ1n) is 46.3. The van der Waals surface area contributed by atoms with Crippen molar-refractivity contribution in [3.63, 3.8) is 0 Å². The zero-order chi connectivity index (χ0) is 90.0. The van der Waals surface area contributed by atoms with Gasteiger partial charge in [-0.05, 0) is 192 Å². The van der Waals surface area contributed by atoms with Gasteiger partial charge in [-0.25, -0.2) is 29.9 Å². The molecule has 0 spiro atoms. The van der Waals surface area contributed by atoms with Crippen molar-refractivity contribution in [2.45, 2.75) is 48.6 Å². The van der Waals surface area contributed by atoms with Crippen molar-refractivity contribution in [3.8, 4) is 102 Å². The van der Waals surface area contributed by atoms with Crippen molar-refractivity contribution in [1.82, 2.24) is 48.2 Å². The molecule has 10 nitrogen and oxygen atoms in total. The van der Waals surface area contributed by atoms with Crippen LogP contribution in [0, 0.1) is 0 Å². The molecular weight excluding hydrogens is 1750 g/mol. The molecule has 0 saturated carbocycles. The molecule has 0 fully saturated rings. The molecule has 0 amide bonds. The Labute approximate surface area is 802 Å². The van der Waals surface area contributed by atoms with E-state index < -0.39 is 0 Å². The van der Waals surface area contributed by atoms with Crippen LogP contribution in [0.3, 0.4) is 0 Å². The minimum absolute atomic E-state index is 0.0724. The fourth-order valence-corrected chi connectivity index (χ4v) is 26.6. The van der Waals surface area contributed by atoms with Gasteiger partial charge in [0.2, 0.25) is 0 Å². The van der Waals surface area contributed by atoms with Crippen LogP contribution in [0.4, 0.5) is 0 Å².